The molecule has 3 heterocycles. The van der Waals surface area contributed by atoms with Gasteiger partial charge in [-0.15, -0.1) is 0 Å². The molecule has 0 unspecified atom stereocenters. The van der Waals surface area contributed by atoms with Crippen LogP contribution in [0.15, 0.2) is 60.9 Å². The number of aryl methyl sites for hydroxylation is 4. The lowest BCUT2D eigenvalue weighted by Crippen LogP contribution is -2.20. The van der Waals surface area contributed by atoms with Crippen LogP contribution in [0.2, 0.25) is 0 Å². The number of pyridine rings is 2. The summed E-state index contributed by atoms with van der Waals surface area (Å²) in [5, 5.41) is 2.22. The first-order valence-corrected chi connectivity index (χ1v) is 12.5. The average molecular weight is 474 g/mol. The second-order valence-electron chi connectivity index (χ2n) is 11.1. The lowest BCUT2D eigenvalue weighted by atomic mass is 9.84. The second-order valence-corrected chi connectivity index (χ2v) is 11.1. The lowest BCUT2D eigenvalue weighted by molar-refractivity contribution is 0.478. The van der Waals surface area contributed by atoms with E-state index in [9.17, 15) is 0 Å². The van der Waals surface area contributed by atoms with E-state index in [4.69, 9.17) is 14.7 Å². The maximum atomic E-state index is 6.59. The van der Waals surface area contributed by atoms with Crippen LogP contribution in [0.5, 0.6) is 11.5 Å². The molecule has 2 aromatic heterocycles. The van der Waals surface area contributed by atoms with Gasteiger partial charge in [0.2, 0.25) is 0 Å². The van der Waals surface area contributed by atoms with Crippen molar-refractivity contribution in [2.75, 3.05) is 4.90 Å². The Labute approximate surface area is 212 Å². The molecule has 4 heteroatoms. The second kappa shape index (κ2) is 7.79. The van der Waals surface area contributed by atoms with Gasteiger partial charge in [-0.25, -0.2) is 0 Å². The summed E-state index contributed by atoms with van der Waals surface area (Å²) in [5.41, 5.74) is 11.0. The molecule has 180 valence electrons. The molecule has 5 aromatic rings. The molecule has 36 heavy (non-hydrogen) atoms. The Kier molecular flexibility index (Phi) is 4.88. The van der Waals surface area contributed by atoms with Crippen molar-refractivity contribution in [1.82, 2.24) is 9.97 Å². The monoisotopic (exact) mass is 473 g/mol. The Hall–Kier alpha value is -3.92. The minimum absolute atomic E-state index is 0.0615. The molecular formula is C32H31N3O. The van der Waals surface area contributed by atoms with Gasteiger partial charge >= 0.3 is 0 Å². The van der Waals surface area contributed by atoms with Crippen LogP contribution in [0.25, 0.3) is 21.8 Å². The molecule has 0 fully saturated rings. The summed E-state index contributed by atoms with van der Waals surface area (Å²) in [6.45, 7) is 15.4. The number of nitrogens with zero attached hydrogens (tertiary/aromatic N) is 3. The number of benzene rings is 3. The Balaban J connectivity index is 1.76. The molecule has 1 aliphatic heterocycles. The predicted octanol–water partition coefficient (Wildman–Crippen LogP) is 8.89. The maximum Gasteiger partial charge on any atom is 0.154 e. The van der Waals surface area contributed by atoms with Crippen LogP contribution in [0, 0.1) is 27.7 Å². The summed E-state index contributed by atoms with van der Waals surface area (Å²) in [6, 6.07) is 17.3. The number of fused-ring (bicyclic) bond motifs is 6. The molecule has 0 saturated heterocycles. The summed E-state index contributed by atoms with van der Waals surface area (Å²) in [7, 11) is 0. The molecule has 0 spiro atoms. The van der Waals surface area contributed by atoms with Crippen LogP contribution in [0.3, 0.4) is 0 Å². The van der Waals surface area contributed by atoms with Crippen molar-refractivity contribution in [2.24, 2.45) is 0 Å². The lowest BCUT2D eigenvalue weighted by Gasteiger charge is -2.36. The zero-order valence-electron chi connectivity index (χ0n) is 22.0. The number of ether oxygens (including phenoxy) is 1. The minimum Gasteiger partial charge on any atom is -0.453 e. The number of anilines is 3. The van der Waals surface area contributed by atoms with Crippen molar-refractivity contribution >= 4 is 38.9 Å². The first-order valence-electron chi connectivity index (χ1n) is 12.5. The highest BCUT2D eigenvalue weighted by Crippen LogP contribution is 2.56. The highest BCUT2D eigenvalue weighted by atomic mass is 16.5. The van der Waals surface area contributed by atoms with E-state index in [-0.39, 0.29) is 5.41 Å². The highest BCUT2D eigenvalue weighted by molar-refractivity contribution is 6.09. The minimum atomic E-state index is 0.0615. The summed E-state index contributed by atoms with van der Waals surface area (Å²) in [6.07, 6.45) is 3.80. The normalized spacial score (nSPS) is 13.0. The van der Waals surface area contributed by atoms with E-state index in [1.54, 1.807) is 0 Å². The molecule has 0 N–H and O–H groups in total. The van der Waals surface area contributed by atoms with Gasteiger partial charge in [0, 0.05) is 23.2 Å². The van der Waals surface area contributed by atoms with Crippen LogP contribution in [-0.4, -0.2) is 9.97 Å². The summed E-state index contributed by atoms with van der Waals surface area (Å²) in [4.78, 5) is 12.1. The fourth-order valence-electron chi connectivity index (χ4n) is 5.44. The van der Waals surface area contributed by atoms with Crippen molar-refractivity contribution < 1.29 is 4.74 Å². The van der Waals surface area contributed by atoms with E-state index in [1.807, 2.05) is 18.5 Å². The van der Waals surface area contributed by atoms with E-state index in [2.05, 4.69) is 95.8 Å². The molecule has 0 atom stereocenters. The van der Waals surface area contributed by atoms with Crippen LogP contribution < -0.4 is 9.64 Å². The van der Waals surface area contributed by atoms with E-state index >= 15 is 0 Å². The molecule has 0 aliphatic carbocycles. The van der Waals surface area contributed by atoms with Gasteiger partial charge in [-0.05, 0) is 91.3 Å². The third-order valence-electron chi connectivity index (χ3n) is 7.21. The van der Waals surface area contributed by atoms with Gasteiger partial charge in [-0.2, -0.15) is 0 Å². The fraction of sp³-hybridized carbons (Fsp3) is 0.250. The van der Waals surface area contributed by atoms with Crippen molar-refractivity contribution in [3.05, 3.63) is 88.7 Å². The van der Waals surface area contributed by atoms with E-state index < -0.39 is 0 Å². The summed E-state index contributed by atoms with van der Waals surface area (Å²) < 4.78 is 6.59. The predicted molar refractivity (Wildman–Crippen MR) is 149 cm³/mol. The van der Waals surface area contributed by atoms with E-state index in [1.165, 1.54) is 16.7 Å². The fourth-order valence-corrected chi connectivity index (χ4v) is 5.44. The number of aromatic nitrogens is 2. The zero-order valence-corrected chi connectivity index (χ0v) is 22.0. The third kappa shape index (κ3) is 3.35. The summed E-state index contributed by atoms with van der Waals surface area (Å²) >= 11 is 0. The SMILES string of the molecule is Cc1cnc2c3c(ccc2c1)Oc1cc(C)c2cccnc2c1N3c1c(C)cc(C(C)(C)C)cc1C. The zero-order chi connectivity index (χ0) is 25.4. The maximum absolute atomic E-state index is 6.59. The Morgan fingerprint density at radius 1 is 0.722 bits per heavy atom. The first-order chi connectivity index (χ1) is 17.1. The van der Waals surface area contributed by atoms with Crippen LogP contribution in [-0.2, 0) is 5.41 Å². The first kappa shape index (κ1) is 22.5. The van der Waals surface area contributed by atoms with Gasteiger partial charge in [-0.3, -0.25) is 14.9 Å². The smallest absolute Gasteiger partial charge is 0.154 e. The molecular weight excluding hydrogens is 442 g/mol. The van der Waals surface area contributed by atoms with Crippen LogP contribution >= 0.6 is 0 Å². The van der Waals surface area contributed by atoms with Crippen LogP contribution in [0.4, 0.5) is 17.1 Å². The molecule has 1 aliphatic rings. The van der Waals surface area contributed by atoms with Crippen molar-refractivity contribution in [3.63, 3.8) is 0 Å². The van der Waals surface area contributed by atoms with Gasteiger partial charge < -0.3 is 4.74 Å². The molecule has 3 aromatic carbocycles. The van der Waals surface area contributed by atoms with Crippen molar-refractivity contribution in [3.8, 4) is 11.5 Å². The quantitative estimate of drug-likeness (QED) is 0.239. The number of hydrogen-bond donors (Lipinski definition) is 0. The highest BCUT2D eigenvalue weighted by Gasteiger charge is 2.33. The topological polar surface area (TPSA) is 38.3 Å². The van der Waals surface area contributed by atoms with Gasteiger partial charge in [-0.1, -0.05) is 39.0 Å². The van der Waals surface area contributed by atoms with Crippen molar-refractivity contribution in [2.45, 2.75) is 53.9 Å². The largest absolute Gasteiger partial charge is 0.453 e. The third-order valence-corrected chi connectivity index (χ3v) is 7.21. The standard InChI is InChI=1S/C32H31N3O/c1-18-13-22-10-11-25-30(27(22)34-17-18)35(29-20(3)14-23(15-21(29)4)32(5,6)7)31-26(36-25)16-19(2)24-9-8-12-33-28(24)31/h8-17H,1-7H3. The molecule has 0 radical (unpaired) electrons. The molecule has 0 bridgehead atoms. The van der Waals surface area contributed by atoms with Gasteiger partial charge in [0.1, 0.15) is 11.4 Å². The Bertz CT molecular complexity index is 1670. The molecule has 0 amide bonds. The van der Waals surface area contributed by atoms with Gasteiger partial charge in [0.25, 0.3) is 0 Å². The van der Waals surface area contributed by atoms with Gasteiger partial charge in [0.05, 0.1) is 16.7 Å². The summed E-state index contributed by atoms with van der Waals surface area (Å²) in [5.74, 6) is 1.62. The van der Waals surface area contributed by atoms with E-state index in [0.717, 1.165) is 61.5 Å². The average Bonchev–Trinajstić information content (AvgIpc) is 2.82. The number of hydrogen-bond acceptors (Lipinski definition) is 4. The van der Waals surface area contributed by atoms with Crippen molar-refractivity contribution in [1.29, 1.82) is 0 Å². The molecule has 0 saturated carbocycles. The Morgan fingerprint density at radius 2 is 1.44 bits per heavy atom. The Morgan fingerprint density at radius 3 is 2.17 bits per heavy atom. The van der Waals surface area contributed by atoms with Crippen LogP contribution in [0.1, 0.15) is 48.6 Å². The molecule has 4 nitrogen and oxygen atoms in total. The van der Waals surface area contributed by atoms with Gasteiger partial charge in [0.15, 0.2) is 11.5 Å². The van der Waals surface area contributed by atoms with E-state index in [0.29, 0.717) is 0 Å². The molecule has 6 rings (SSSR count). The number of rotatable bonds is 1.